The van der Waals surface area contributed by atoms with Crippen molar-refractivity contribution in [3.05, 3.63) is 0 Å². The molecule has 2 atom stereocenters. The van der Waals surface area contributed by atoms with Crippen molar-refractivity contribution in [2.45, 2.75) is 60.3 Å². The number of rotatable bonds is 7. The number of unbranched alkanes of at least 4 members (excludes halogenated alkanes) is 1. The van der Waals surface area contributed by atoms with Gasteiger partial charge in [0.1, 0.15) is 5.78 Å². The van der Waals surface area contributed by atoms with E-state index in [4.69, 9.17) is 0 Å². The topological polar surface area (TPSA) is 17.1 Å². The monoisotopic (exact) mass is 198 g/mol. The maximum atomic E-state index is 11.8. The van der Waals surface area contributed by atoms with E-state index in [9.17, 15) is 4.79 Å². The van der Waals surface area contributed by atoms with Crippen LogP contribution in [0, 0.1) is 17.8 Å². The maximum Gasteiger partial charge on any atom is 0.136 e. The van der Waals surface area contributed by atoms with Gasteiger partial charge in [0.2, 0.25) is 0 Å². The van der Waals surface area contributed by atoms with Crippen molar-refractivity contribution in [3.8, 4) is 0 Å². The average molecular weight is 198 g/mol. The molecule has 0 amide bonds. The molecule has 0 saturated heterocycles. The highest BCUT2D eigenvalue weighted by Gasteiger charge is 2.19. The molecule has 0 aliphatic carbocycles. The van der Waals surface area contributed by atoms with Gasteiger partial charge in [-0.1, -0.05) is 53.9 Å². The van der Waals surface area contributed by atoms with Gasteiger partial charge in [0.15, 0.2) is 0 Å². The molecule has 0 aromatic rings. The summed E-state index contributed by atoms with van der Waals surface area (Å²) in [6.45, 7) is 10.7. The second-order valence-corrected chi connectivity index (χ2v) is 4.97. The summed E-state index contributed by atoms with van der Waals surface area (Å²) in [5, 5.41) is 0. The van der Waals surface area contributed by atoms with Gasteiger partial charge in [0.05, 0.1) is 0 Å². The fourth-order valence-electron chi connectivity index (χ4n) is 1.68. The van der Waals surface area contributed by atoms with Gasteiger partial charge in [-0.25, -0.2) is 0 Å². The summed E-state index contributed by atoms with van der Waals surface area (Å²) in [5.74, 6) is 1.76. The van der Waals surface area contributed by atoms with Crippen molar-refractivity contribution < 1.29 is 4.79 Å². The molecule has 0 radical (unpaired) electrons. The molecule has 84 valence electrons. The Labute approximate surface area is 89.3 Å². The van der Waals surface area contributed by atoms with Crippen LogP contribution in [-0.2, 0) is 4.79 Å². The zero-order chi connectivity index (χ0) is 11.1. The molecule has 0 N–H and O–H groups in total. The summed E-state index contributed by atoms with van der Waals surface area (Å²) in [6.07, 6.45) is 4.43. The predicted molar refractivity (Wildman–Crippen MR) is 62.3 cm³/mol. The van der Waals surface area contributed by atoms with Gasteiger partial charge in [-0.2, -0.15) is 0 Å². The molecule has 0 aliphatic heterocycles. The van der Waals surface area contributed by atoms with Crippen LogP contribution in [0.4, 0.5) is 0 Å². The molecule has 0 bridgehead atoms. The maximum absolute atomic E-state index is 11.8. The van der Waals surface area contributed by atoms with E-state index in [0.717, 1.165) is 6.42 Å². The second-order valence-electron chi connectivity index (χ2n) is 4.97. The van der Waals surface area contributed by atoms with Crippen molar-refractivity contribution in [2.24, 2.45) is 17.8 Å². The van der Waals surface area contributed by atoms with Crippen LogP contribution in [0.1, 0.15) is 60.3 Å². The minimum Gasteiger partial charge on any atom is -0.299 e. The van der Waals surface area contributed by atoms with Crippen LogP contribution in [-0.4, -0.2) is 5.78 Å². The molecule has 0 spiro atoms. The Bertz CT molecular complexity index is 161. The number of ketones is 1. The van der Waals surface area contributed by atoms with E-state index in [1.54, 1.807) is 0 Å². The van der Waals surface area contributed by atoms with Crippen LogP contribution in [0.25, 0.3) is 0 Å². The van der Waals surface area contributed by atoms with E-state index in [2.05, 4.69) is 34.6 Å². The van der Waals surface area contributed by atoms with Gasteiger partial charge >= 0.3 is 0 Å². The first kappa shape index (κ1) is 13.7. The molecule has 0 aliphatic rings. The Morgan fingerprint density at radius 3 is 2.14 bits per heavy atom. The zero-order valence-corrected chi connectivity index (χ0v) is 10.5. The Morgan fingerprint density at radius 1 is 1.14 bits per heavy atom. The Kier molecular flexibility index (Phi) is 6.86. The molecule has 0 saturated carbocycles. The number of carbonyl (C=O) groups is 1. The Balaban J connectivity index is 3.90. The molecule has 2 unspecified atom stereocenters. The smallest absolute Gasteiger partial charge is 0.136 e. The standard InChI is InChI=1S/C13H26O/c1-6-7-8-11(4)12(5)13(14)9-10(2)3/h10-12H,6-9H2,1-5H3. The molecule has 0 heterocycles. The quantitative estimate of drug-likeness (QED) is 0.603. The van der Waals surface area contributed by atoms with Gasteiger partial charge in [-0.15, -0.1) is 0 Å². The molecular formula is C13H26O. The second kappa shape index (κ2) is 7.03. The third-order valence-corrected chi connectivity index (χ3v) is 2.98. The summed E-state index contributed by atoms with van der Waals surface area (Å²) < 4.78 is 0. The van der Waals surface area contributed by atoms with Crippen LogP contribution < -0.4 is 0 Å². The Morgan fingerprint density at radius 2 is 1.71 bits per heavy atom. The molecule has 0 rings (SSSR count). The molecule has 1 nitrogen and oxygen atoms in total. The van der Waals surface area contributed by atoms with Gasteiger partial charge in [0, 0.05) is 12.3 Å². The highest BCUT2D eigenvalue weighted by atomic mass is 16.1. The van der Waals surface area contributed by atoms with Gasteiger partial charge in [-0.3, -0.25) is 4.79 Å². The van der Waals surface area contributed by atoms with Gasteiger partial charge in [-0.05, 0) is 11.8 Å². The third-order valence-electron chi connectivity index (χ3n) is 2.98. The number of carbonyl (C=O) groups excluding carboxylic acids is 1. The largest absolute Gasteiger partial charge is 0.299 e. The minimum absolute atomic E-state index is 0.254. The number of hydrogen-bond donors (Lipinski definition) is 0. The predicted octanol–water partition coefficient (Wildman–Crippen LogP) is 4.06. The lowest BCUT2D eigenvalue weighted by Gasteiger charge is -2.19. The normalized spacial score (nSPS) is 15.6. The van der Waals surface area contributed by atoms with E-state index in [-0.39, 0.29) is 5.92 Å². The molecular weight excluding hydrogens is 172 g/mol. The van der Waals surface area contributed by atoms with Crippen LogP contribution in [0.2, 0.25) is 0 Å². The number of hydrogen-bond acceptors (Lipinski definition) is 1. The number of Topliss-reactive ketones (excluding diaryl/α,β-unsaturated/α-hetero) is 1. The first-order chi connectivity index (χ1) is 6.49. The van der Waals surface area contributed by atoms with E-state index in [1.165, 1.54) is 19.3 Å². The lowest BCUT2D eigenvalue weighted by atomic mass is 9.85. The lowest BCUT2D eigenvalue weighted by Crippen LogP contribution is -2.20. The van der Waals surface area contributed by atoms with Crippen molar-refractivity contribution in [2.75, 3.05) is 0 Å². The summed E-state index contributed by atoms with van der Waals surface area (Å²) in [4.78, 5) is 11.8. The molecule has 1 heteroatoms. The summed E-state index contributed by atoms with van der Waals surface area (Å²) in [6, 6.07) is 0. The zero-order valence-electron chi connectivity index (χ0n) is 10.5. The SMILES string of the molecule is CCCCC(C)C(C)C(=O)CC(C)C. The highest BCUT2D eigenvalue weighted by Crippen LogP contribution is 2.21. The fourth-order valence-corrected chi connectivity index (χ4v) is 1.68. The molecule has 14 heavy (non-hydrogen) atoms. The molecule has 0 aromatic carbocycles. The van der Waals surface area contributed by atoms with Crippen LogP contribution in [0.3, 0.4) is 0 Å². The fraction of sp³-hybridized carbons (Fsp3) is 0.923. The van der Waals surface area contributed by atoms with E-state index >= 15 is 0 Å². The van der Waals surface area contributed by atoms with Gasteiger partial charge < -0.3 is 0 Å². The van der Waals surface area contributed by atoms with Crippen molar-refractivity contribution in [1.29, 1.82) is 0 Å². The van der Waals surface area contributed by atoms with Crippen LogP contribution in [0.15, 0.2) is 0 Å². The van der Waals surface area contributed by atoms with E-state index in [0.29, 0.717) is 17.6 Å². The van der Waals surface area contributed by atoms with E-state index in [1.807, 2.05) is 0 Å². The first-order valence-electron chi connectivity index (χ1n) is 6.01. The van der Waals surface area contributed by atoms with Crippen molar-refractivity contribution in [1.82, 2.24) is 0 Å². The molecule has 0 fully saturated rings. The average Bonchev–Trinajstić information content (AvgIpc) is 2.11. The van der Waals surface area contributed by atoms with E-state index < -0.39 is 0 Å². The van der Waals surface area contributed by atoms with Crippen molar-refractivity contribution >= 4 is 5.78 Å². The summed E-state index contributed by atoms with van der Waals surface area (Å²) >= 11 is 0. The first-order valence-corrected chi connectivity index (χ1v) is 6.01. The Hall–Kier alpha value is -0.330. The third kappa shape index (κ3) is 5.41. The molecule has 0 aromatic heterocycles. The van der Waals surface area contributed by atoms with Gasteiger partial charge in [0.25, 0.3) is 0 Å². The highest BCUT2D eigenvalue weighted by molar-refractivity contribution is 5.81. The summed E-state index contributed by atoms with van der Waals surface area (Å²) in [7, 11) is 0. The van der Waals surface area contributed by atoms with Crippen molar-refractivity contribution in [3.63, 3.8) is 0 Å². The van der Waals surface area contributed by atoms with Crippen LogP contribution >= 0.6 is 0 Å². The minimum atomic E-state index is 0.254. The summed E-state index contributed by atoms with van der Waals surface area (Å²) in [5.41, 5.74) is 0. The van der Waals surface area contributed by atoms with Crippen LogP contribution in [0.5, 0.6) is 0 Å². The lowest BCUT2D eigenvalue weighted by molar-refractivity contribution is -0.124.